The first-order valence-electron chi connectivity index (χ1n) is 4.32. The summed E-state index contributed by atoms with van der Waals surface area (Å²) in [7, 11) is 4.17. The summed E-state index contributed by atoms with van der Waals surface area (Å²) >= 11 is 0. The second-order valence-electron chi connectivity index (χ2n) is 2.98. The quantitative estimate of drug-likeness (QED) is 0.430. The summed E-state index contributed by atoms with van der Waals surface area (Å²) in [5.74, 6) is 0. The van der Waals surface area contributed by atoms with Gasteiger partial charge in [0, 0.05) is 0 Å². The molecule has 3 heteroatoms. The molecule has 1 atom stereocenters. The molecule has 0 aliphatic carbocycles. The molecule has 0 spiro atoms. The van der Waals surface area contributed by atoms with Gasteiger partial charge in [0.15, 0.2) is 0 Å². The van der Waals surface area contributed by atoms with E-state index in [1.807, 2.05) is 0 Å². The maximum atomic E-state index is 5.38. The van der Waals surface area contributed by atoms with Gasteiger partial charge < -0.3 is 11.1 Å². The molecule has 3 N–H and O–H groups in total. The minimum absolute atomic E-state index is 0.501. The summed E-state index contributed by atoms with van der Waals surface area (Å²) in [6.07, 6.45) is 2.70. The largest absolute Gasteiger partial charge is 0.330 e. The maximum Gasteiger partial charge on any atom is 0.0589 e. The van der Waals surface area contributed by atoms with E-state index in [0.717, 1.165) is 25.9 Å². The predicted octanol–water partition coefficient (Wildman–Crippen LogP) is 0.223. The molecular formula is C8H21N3. The molecule has 0 heterocycles. The molecule has 0 saturated carbocycles. The van der Waals surface area contributed by atoms with E-state index in [4.69, 9.17) is 5.73 Å². The molecule has 0 aromatic rings. The van der Waals surface area contributed by atoms with Crippen molar-refractivity contribution in [2.24, 2.45) is 5.73 Å². The zero-order chi connectivity index (χ0) is 8.69. The Labute approximate surface area is 69.9 Å². The van der Waals surface area contributed by atoms with Gasteiger partial charge in [-0.2, -0.15) is 0 Å². The zero-order valence-corrected chi connectivity index (χ0v) is 7.93. The Bertz CT molecular complexity index is 83.4. The Morgan fingerprint density at radius 2 is 2.09 bits per heavy atom. The lowest BCUT2D eigenvalue weighted by molar-refractivity contribution is 0.239. The van der Waals surface area contributed by atoms with E-state index in [-0.39, 0.29) is 0 Å². The van der Waals surface area contributed by atoms with Gasteiger partial charge in [0.25, 0.3) is 0 Å². The smallest absolute Gasteiger partial charge is 0.0589 e. The lowest BCUT2D eigenvalue weighted by atomic mass is 10.3. The van der Waals surface area contributed by atoms with Gasteiger partial charge >= 0.3 is 0 Å². The summed E-state index contributed by atoms with van der Waals surface area (Å²) in [4.78, 5) is 2.19. The number of nitrogens with zero attached hydrogens (tertiary/aromatic N) is 1. The SMILES string of the molecule is CCC(NCCCN)N(C)C. The average molecular weight is 159 g/mol. The van der Waals surface area contributed by atoms with Crippen molar-refractivity contribution in [1.82, 2.24) is 10.2 Å². The highest BCUT2D eigenvalue weighted by Crippen LogP contribution is 1.93. The highest BCUT2D eigenvalue weighted by atomic mass is 15.2. The summed E-state index contributed by atoms with van der Waals surface area (Å²) in [5.41, 5.74) is 5.38. The Morgan fingerprint density at radius 1 is 1.45 bits per heavy atom. The first kappa shape index (κ1) is 10.9. The van der Waals surface area contributed by atoms with Crippen molar-refractivity contribution in [1.29, 1.82) is 0 Å². The molecule has 68 valence electrons. The maximum absolute atomic E-state index is 5.38. The molecule has 0 bridgehead atoms. The topological polar surface area (TPSA) is 41.3 Å². The predicted molar refractivity (Wildman–Crippen MR) is 49.4 cm³/mol. The van der Waals surface area contributed by atoms with E-state index in [0.29, 0.717) is 6.17 Å². The molecule has 0 aliphatic rings. The highest BCUT2D eigenvalue weighted by molar-refractivity contribution is 4.60. The van der Waals surface area contributed by atoms with Crippen LogP contribution in [0, 0.1) is 0 Å². The van der Waals surface area contributed by atoms with E-state index in [2.05, 4.69) is 31.2 Å². The van der Waals surface area contributed by atoms with Gasteiger partial charge in [0.1, 0.15) is 0 Å². The zero-order valence-electron chi connectivity index (χ0n) is 7.93. The second kappa shape index (κ2) is 6.58. The number of rotatable bonds is 6. The van der Waals surface area contributed by atoms with Crippen molar-refractivity contribution in [3.8, 4) is 0 Å². The van der Waals surface area contributed by atoms with Crippen molar-refractivity contribution < 1.29 is 0 Å². The summed E-state index contributed by atoms with van der Waals surface area (Å²) < 4.78 is 0. The van der Waals surface area contributed by atoms with Crippen LogP contribution in [0.1, 0.15) is 19.8 Å². The van der Waals surface area contributed by atoms with Gasteiger partial charge in [-0.25, -0.2) is 0 Å². The van der Waals surface area contributed by atoms with Crippen LogP contribution in [0.4, 0.5) is 0 Å². The Hall–Kier alpha value is -0.120. The van der Waals surface area contributed by atoms with Crippen LogP contribution in [0.15, 0.2) is 0 Å². The first-order valence-corrected chi connectivity index (χ1v) is 4.32. The van der Waals surface area contributed by atoms with Crippen LogP contribution < -0.4 is 11.1 Å². The van der Waals surface area contributed by atoms with Crippen LogP contribution in [0.25, 0.3) is 0 Å². The summed E-state index contributed by atoms with van der Waals surface area (Å²) in [6.45, 7) is 3.98. The normalized spacial score (nSPS) is 13.9. The van der Waals surface area contributed by atoms with Gasteiger partial charge in [0.05, 0.1) is 6.17 Å². The Morgan fingerprint density at radius 3 is 2.45 bits per heavy atom. The lowest BCUT2D eigenvalue weighted by Crippen LogP contribution is -2.41. The molecule has 3 nitrogen and oxygen atoms in total. The highest BCUT2D eigenvalue weighted by Gasteiger charge is 2.05. The van der Waals surface area contributed by atoms with Crippen molar-refractivity contribution in [2.75, 3.05) is 27.2 Å². The number of hydrogen-bond acceptors (Lipinski definition) is 3. The number of nitrogens with one attached hydrogen (secondary N) is 1. The molecule has 0 aliphatic heterocycles. The molecule has 0 amide bonds. The van der Waals surface area contributed by atoms with Crippen molar-refractivity contribution in [2.45, 2.75) is 25.9 Å². The monoisotopic (exact) mass is 159 g/mol. The summed E-state index contributed by atoms with van der Waals surface area (Å²) in [6, 6.07) is 0. The van der Waals surface area contributed by atoms with Crippen LogP contribution in [0.2, 0.25) is 0 Å². The third kappa shape index (κ3) is 5.18. The number of nitrogens with two attached hydrogens (primary N) is 1. The molecule has 0 rings (SSSR count). The van der Waals surface area contributed by atoms with Crippen LogP contribution >= 0.6 is 0 Å². The fraction of sp³-hybridized carbons (Fsp3) is 1.00. The van der Waals surface area contributed by atoms with Gasteiger partial charge in [-0.05, 0) is 40.0 Å². The van der Waals surface area contributed by atoms with E-state index in [1.54, 1.807) is 0 Å². The first-order chi connectivity index (χ1) is 5.22. The van der Waals surface area contributed by atoms with Crippen LogP contribution in [0.5, 0.6) is 0 Å². The van der Waals surface area contributed by atoms with Gasteiger partial charge in [-0.3, -0.25) is 4.90 Å². The molecule has 0 radical (unpaired) electrons. The summed E-state index contributed by atoms with van der Waals surface area (Å²) in [5, 5.41) is 3.42. The average Bonchev–Trinajstić information content (AvgIpc) is 1.97. The molecular weight excluding hydrogens is 138 g/mol. The third-order valence-electron chi connectivity index (χ3n) is 1.77. The third-order valence-corrected chi connectivity index (χ3v) is 1.77. The van der Waals surface area contributed by atoms with Crippen molar-refractivity contribution in [3.63, 3.8) is 0 Å². The van der Waals surface area contributed by atoms with E-state index >= 15 is 0 Å². The van der Waals surface area contributed by atoms with Crippen molar-refractivity contribution >= 4 is 0 Å². The minimum Gasteiger partial charge on any atom is -0.330 e. The molecule has 1 unspecified atom stereocenters. The van der Waals surface area contributed by atoms with Gasteiger partial charge in [0.2, 0.25) is 0 Å². The fourth-order valence-electron chi connectivity index (χ4n) is 1.06. The van der Waals surface area contributed by atoms with Gasteiger partial charge in [-0.1, -0.05) is 6.92 Å². The van der Waals surface area contributed by atoms with Crippen LogP contribution in [-0.4, -0.2) is 38.3 Å². The molecule has 11 heavy (non-hydrogen) atoms. The van der Waals surface area contributed by atoms with Crippen LogP contribution in [-0.2, 0) is 0 Å². The molecule has 0 aromatic carbocycles. The van der Waals surface area contributed by atoms with E-state index in [1.165, 1.54) is 0 Å². The number of hydrogen-bond donors (Lipinski definition) is 2. The molecule has 0 fully saturated rings. The Balaban J connectivity index is 3.36. The molecule has 0 saturated heterocycles. The Kier molecular flexibility index (Phi) is 6.51. The van der Waals surface area contributed by atoms with Crippen molar-refractivity contribution in [3.05, 3.63) is 0 Å². The standard InChI is InChI=1S/C8H21N3/c1-4-8(11(2)3)10-7-5-6-9/h8,10H,4-7,9H2,1-3H3. The fourth-order valence-corrected chi connectivity index (χ4v) is 1.06. The van der Waals surface area contributed by atoms with E-state index < -0.39 is 0 Å². The minimum atomic E-state index is 0.501. The molecule has 0 aromatic heterocycles. The van der Waals surface area contributed by atoms with Gasteiger partial charge in [-0.15, -0.1) is 0 Å². The lowest BCUT2D eigenvalue weighted by Gasteiger charge is -2.23. The second-order valence-corrected chi connectivity index (χ2v) is 2.98. The van der Waals surface area contributed by atoms with Crippen LogP contribution in [0.3, 0.4) is 0 Å². The van der Waals surface area contributed by atoms with E-state index in [9.17, 15) is 0 Å².